The van der Waals surface area contributed by atoms with Gasteiger partial charge in [0.15, 0.2) is 0 Å². The predicted molar refractivity (Wildman–Crippen MR) is 50.9 cm³/mol. The van der Waals surface area contributed by atoms with Gasteiger partial charge in [0, 0.05) is 17.7 Å². The Morgan fingerprint density at radius 1 is 1.58 bits per heavy atom. The molecule has 1 atom stereocenters. The Morgan fingerprint density at radius 3 is 2.58 bits per heavy atom. The first kappa shape index (κ1) is 9.10. The number of nitrogens with two attached hydrogens (primary N) is 1. The number of aromatic amines is 1. The molecule has 12 heavy (non-hydrogen) atoms. The lowest BCUT2D eigenvalue weighted by molar-refractivity contribution is 0.474. The van der Waals surface area contributed by atoms with Gasteiger partial charge in [-0.15, -0.1) is 0 Å². The molecule has 0 saturated heterocycles. The summed E-state index contributed by atoms with van der Waals surface area (Å²) in [7, 11) is 0. The SMILES string of the molecule is CCC(c1cc(N)n[nH]1)C(C)C. The maximum Gasteiger partial charge on any atom is 0.145 e. The maximum absolute atomic E-state index is 5.53. The maximum atomic E-state index is 5.53. The van der Waals surface area contributed by atoms with Crippen molar-refractivity contribution in [2.75, 3.05) is 5.73 Å². The van der Waals surface area contributed by atoms with Crippen molar-refractivity contribution in [2.24, 2.45) is 5.92 Å². The Balaban J connectivity index is 2.80. The molecule has 0 aliphatic heterocycles. The standard InChI is InChI=1S/C9H17N3/c1-4-7(6(2)3)8-5-9(10)12-11-8/h5-7H,4H2,1-3H3,(H3,10,11,12). The number of nitrogens with zero attached hydrogens (tertiary/aromatic N) is 1. The molecule has 0 spiro atoms. The van der Waals surface area contributed by atoms with E-state index in [4.69, 9.17) is 5.73 Å². The van der Waals surface area contributed by atoms with Gasteiger partial charge in [0.2, 0.25) is 0 Å². The van der Waals surface area contributed by atoms with E-state index in [9.17, 15) is 0 Å². The molecule has 3 N–H and O–H groups in total. The van der Waals surface area contributed by atoms with Crippen molar-refractivity contribution in [3.63, 3.8) is 0 Å². The summed E-state index contributed by atoms with van der Waals surface area (Å²) < 4.78 is 0. The molecule has 0 aliphatic rings. The van der Waals surface area contributed by atoms with Gasteiger partial charge in [0.25, 0.3) is 0 Å². The van der Waals surface area contributed by atoms with Gasteiger partial charge < -0.3 is 5.73 Å². The molecule has 0 bridgehead atoms. The summed E-state index contributed by atoms with van der Waals surface area (Å²) >= 11 is 0. The zero-order chi connectivity index (χ0) is 9.14. The fraction of sp³-hybridized carbons (Fsp3) is 0.667. The monoisotopic (exact) mass is 167 g/mol. The zero-order valence-electron chi connectivity index (χ0n) is 7.96. The molecular weight excluding hydrogens is 150 g/mol. The van der Waals surface area contributed by atoms with E-state index in [2.05, 4.69) is 31.0 Å². The zero-order valence-corrected chi connectivity index (χ0v) is 7.96. The molecule has 1 unspecified atom stereocenters. The smallest absolute Gasteiger partial charge is 0.145 e. The van der Waals surface area contributed by atoms with E-state index in [-0.39, 0.29) is 0 Å². The van der Waals surface area contributed by atoms with Crippen LogP contribution in [0, 0.1) is 5.92 Å². The van der Waals surface area contributed by atoms with Crippen molar-refractivity contribution in [3.05, 3.63) is 11.8 Å². The van der Waals surface area contributed by atoms with Crippen LogP contribution in [0.5, 0.6) is 0 Å². The van der Waals surface area contributed by atoms with Crippen molar-refractivity contribution in [2.45, 2.75) is 33.1 Å². The molecule has 0 fully saturated rings. The third kappa shape index (κ3) is 1.78. The molecule has 0 saturated carbocycles. The molecule has 3 heteroatoms. The minimum absolute atomic E-state index is 0.551. The van der Waals surface area contributed by atoms with Crippen molar-refractivity contribution < 1.29 is 0 Å². The molecular formula is C9H17N3. The van der Waals surface area contributed by atoms with Crippen molar-refractivity contribution in [3.8, 4) is 0 Å². The fourth-order valence-electron chi connectivity index (χ4n) is 1.59. The number of hydrogen-bond donors (Lipinski definition) is 2. The summed E-state index contributed by atoms with van der Waals surface area (Å²) in [5, 5.41) is 6.88. The minimum Gasteiger partial charge on any atom is -0.382 e. The van der Waals surface area contributed by atoms with Crippen LogP contribution in [-0.2, 0) is 0 Å². The summed E-state index contributed by atoms with van der Waals surface area (Å²) in [6.07, 6.45) is 1.12. The third-order valence-corrected chi connectivity index (χ3v) is 2.26. The van der Waals surface area contributed by atoms with Gasteiger partial charge in [0.1, 0.15) is 5.82 Å². The number of aromatic nitrogens is 2. The number of H-pyrrole nitrogens is 1. The number of nitrogens with one attached hydrogen (secondary N) is 1. The van der Waals surface area contributed by atoms with Crippen molar-refractivity contribution >= 4 is 5.82 Å². The lowest BCUT2D eigenvalue weighted by Crippen LogP contribution is -2.05. The van der Waals surface area contributed by atoms with E-state index in [1.807, 2.05) is 6.07 Å². The predicted octanol–water partition coefficient (Wildman–Crippen LogP) is 2.14. The van der Waals surface area contributed by atoms with Gasteiger partial charge in [-0.2, -0.15) is 5.10 Å². The second-order valence-corrected chi connectivity index (χ2v) is 3.51. The van der Waals surface area contributed by atoms with Crippen LogP contribution in [-0.4, -0.2) is 10.2 Å². The largest absolute Gasteiger partial charge is 0.382 e. The lowest BCUT2D eigenvalue weighted by Gasteiger charge is -2.16. The molecule has 1 heterocycles. The first-order valence-electron chi connectivity index (χ1n) is 4.46. The Morgan fingerprint density at radius 2 is 2.25 bits per heavy atom. The van der Waals surface area contributed by atoms with Crippen molar-refractivity contribution in [1.82, 2.24) is 10.2 Å². The van der Waals surface area contributed by atoms with Crippen LogP contribution in [0.4, 0.5) is 5.82 Å². The fourth-order valence-corrected chi connectivity index (χ4v) is 1.59. The second-order valence-electron chi connectivity index (χ2n) is 3.51. The topological polar surface area (TPSA) is 54.7 Å². The van der Waals surface area contributed by atoms with Gasteiger partial charge in [0.05, 0.1) is 0 Å². The Bertz CT molecular complexity index is 240. The number of hydrogen-bond acceptors (Lipinski definition) is 2. The van der Waals surface area contributed by atoms with Crippen LogP contribution in [0.2, 0.25) is 0 Å². The summed E-state index contributed by atoms with van der Waals surface area (Å²) in [6, 6.07) is 1.92. The van der Waals surface area contributed by atoms with Crippen LogP contribution in [0.25, 0.3) is 0 Å². The van der Waals surface area contributed by atoms with E-state index in [1.165, 1.54) is 0 Å². The lowest BCUT2D eigenvalue weighted by atomic mass is 9.90. The van der Waals surface area contributed by atoms with Crippen LogP contribution in [0.15, 0.2) is 6.07 Å². The highest BCUT2D eigenvalue weighted by molar-refractivity contribution is 5.30. The first-order chi connectivity index (χ1) is 5.65. The summed E-state index contributed by atoms with van der Waals surface area (Å²) in [4.78, 5) is 0. The van der Waals surface area contributed by atoms with Crippen LogP contribution in [0.1, 0.15) is 38.8 Å². The molecule has 1 aromatic heterocycles. The summed E-state index contributed by atoms with van der Waals surface area (Å²) in [5.74, 6) is 1.77. The summed E-state index contributed by atoms with van der Waals surface area (Å²) in [5.41, 5.74) is 6.69. The van der Waals surface area contributed by atoms with Gasteiger partial charge in [-0.05, 0) is 12.3 Å². The highest BCUT2D eigenvalue weighted by Crippen LogP contribution is 2.26. The van der Waals surface area contributed by atoms with Crippen LogP contribution >= 0.6 is 0 Å². The Hall–Kier alpha value is -0.990. The molecule has 1 rings (SSSR count). The third-order valence-electron chi connectivity index (χ3n) is 2.26. The average molecular weight is 167 g/mol. The van der Waals surface area contributed by atoms with Gasteiger partial charge in [-0.3, -0.25) is 5.10 Å². The molecule has 0 aliphatic carbocycles. The molecule has 1 aromatic rings. The molecule has 0 aromatic carbocycles. The highest BCUT2D eigenvalue weighted by atomic mass is 15.2. The van der Waals surface area contributed by atoms with E-state index in [0.29, 0.717) is 17.7 Å². The molecule has 0 amide bonds. The highest BCUT2D eigenvalue weighted by Gasteiger charge is 2.15. The Kier molecular flexibility index (Phi) is 2.74. The van der Waals surface area contributed by atoms with E-state index in [1.54, 1.807) is 0 Å². The average Bonchev–Trinajstić information content (AvgIpc) is 2.37. The van der Waals surface area contributed by atoms with Crippen molar-refractivity contribution in [1.29, 1.82) is 0 Å². The summed E-state index contributed by atoms with van der Waals surface area (Å²) in [6.45, 7) is 6.61. The van der Waals surface area contributed by atoms with E-state index >= 15 is 0 Å². The van der Waals surface area contributed by atoms with Gasteiger partial charge >= 0.3 is 0 Å². The van der Waals surface area contributed by atoms with E-state index in [0.717, 1.165) is 12.1 Å². The van der Waals surface area contributed by atoms with Gasteiger partial charge in [-0.25, -0.2) is 0 Å². The quantitative estimate of drug-likeness (QED) is 0.724. The molecule has 68 valence electrons. The van der Waals surface area contributed by atoms with E-state index < -0.39 is 0 Å². The normalized spacial score (nSPS) is 13.7. The van der Waals surface area contributed by atoms with Crippen LogP contribution < -0.4 is 5.73 Å². The Labute approximate surface area is 73.4 Å². The number of anilines is 1. The second kappa shape index (κ2) is 3.61. The van der Waals surface area contributed by atoms with Gasteiger partial charge in [-0.1, -0.05) is 20.8 Å². The molecule has 0 radical (unpaired) electrons. The minimum atomic E-state index is 0.551. The molecule has 3 nitrogen and oxygen atoms in total. The number of nitrogen functional groups attached to an aromatic ring is 1. The number of rotatable bonds is 3. The first-order valence-corrected chi connectivity index (χ1v) is 4.46. The van der Waals surface area contributed by atoms with Crippen LogP contribution in [0.3, 0.4) is 0 Å².